The van der Waals surface area contributed by atoms with E-state index in [9.17, 15) is 5.11 Å². The Morgan fingerprint density at radius 3 is 2.83 bits per heavy atom. The van der Waals surface area contributed by atoms with Gasteiger partial charge in [-0.15, -0.1) is 0 Å². The summed E-state index contributed by atoms with van der Waals surface area (Å²) < 4.78 is 0.821. The van der Waals surface area contributed by atoms with E-state index in [-0.39, 0.29) is 5.75 Å². The second kappa shape index (κ2) is 4.24. The smallest absolute Gasteiger partial charge is 0.178 e. The van der Waals surface area contributed by atoms with Crippen LogP contribution in [0.2, 0.25) is 0 Å². The first kappa shape index (κ1) is 11.5. The zero-order valence-electron chi connectivity index (χ0n) is 9.61. The number of hydrogen-bond donors (Lipinski definition) is 2. The Hall–Kier alpha value is -1.63. The molecule has 4 nitrogen and oxygen atoms in total. The second-order valence-electron chi connectivity index (χ2n) is 4.08. The molecular formula is C13H10IN3O. The van der Waals surface area contributed by atoms with E-state index < -0.39 is 0 Å². The van der Waals surface area contributed by atoms with Gasteiger partial charge >= 0.3 is 0 Å². The number of phenolic OH excluding ortho intramolecular Hbond substituents is 1. The summed E-state index contributed by atoms with van der Waals surface area (Å²) in [6, 6.07) is 7.43. The molecule has 2 aromatic heterocycles. The number of aryl methyl sites for hydroxylation is 1. The van der Waals surface area contributed by atoms with E-state index in [2.05, 4.69) is 37.5 Å². The summed E-state index contributed by atoms with van der Waals surface area (Å²) in [4.78, 5) is 11.9. The van der Waals surface area contributed by atoms with E-state index in [1.54, 1.807) is 12.3 Å². The Kier molecular flexibility index (Phi) is 2.70. The molecule has 90 valence electrons. The van der Waals surface area contributed by atoms with Gasteiger partial charge in [-0.2, -0.15) is 0 Å². The van der Waals surface area contributed by atoms with Gasteiger partial charge in [-0.05, 0) is 59.3 Å². The molecule has 0 saturated heterocycles. The number of benzene rings is 1. The molecule has 3 aromatic rings. The predicted molar refractivity (Wildman–Crippen MR) is 78.4 cm³/mol. The van der Waals surface area contributed by atoms with Gasteiger partial charge in [-0.1, -0.05) is 0 Å². The van der Waals surface area contributed by atoms with Crippen molar-refractivity contribution in [3.8, 4) is 17.1 Å². The van der Waals surface area contributed by atoms with E-state index in [4.69, 9.17) is 0 Å². The van der Waals surface area contributed by atoms with Crippen LogP contribution in [0, 0.1) is 10.5 Å². The second-order valence-corrected chi connectivity index (χ2v) is 5.24. The highest BCUT2D eigenvalue weighted by molar-refractivity contribution is 14.1. The lowest BCUT2D eigenvalue weighted by molar-refractivity contribution is 0.471. The monoisotopic (exact) mass is 351 g/mol. The minimum atomic E-state index is 0.262. The summed E-state index contributed by atoms with van der Waals surface area (Å²) in [5, 5.41) is 9.73. The van der Waals surface area contributed by atoms with Crippen LogP contribution in [0.3, 0.4) is 0 Å². The third-order valence-electron chi connectivity index (χ3n) is 2.82. The predicted octanol–water partition coefficient (Wildman–Crippen LogP) is 3.24. The Balaban J connectivity index is 2.19. The van der Waals surface area contributed by atoms with Gasteiger partial charge in [-0.25, -0.2) is 9.97 Å². The maximum atomic E-state index is 9.73. The van der Waals surface area contributed by atoms with Gasteiger partial charge < -0.3 is 10.1 Å². The van der Waals surface area contributed by atoms with Crippen LogP contribution in [0.4, 0.5) is 0 Å². The van der Waals surface area contributed by atoms with E-state index >= 15 is 0 Å². The number of imidazole rings is 1. The number of phenols is 1. The molecule has 0 unspecified atom stereocenters. The number of rotatable bonds is 1. The summed E-state index contributed by atoms with van der Waals surface area (Å²) in [5.41, 5.74) is 3.59. The van der Waals surface area contributed by atoms with Gasteiger partial charge in [0.15, 0.2) is 5.65 Å². The number of fused-ring (bicyclic) bond motifs is 1. The number of aromatic amines is 1. The summed E-state index contributed by atoms with van der Waals surface area (Å²) >= 11 is 2.09. The zero-order valence-corrected chi connectivity index (χ0v) is 11.8. The van der Waals surface area contributed by atoms with Gasteiger partial charge in [0.2, 0.25) is 0 Å². The average Bonchev–Trinajstić information content (AvgIpc) is 2.78. The highest BCUT2D eigenvalue weighted by Crippen LogP contribution is 2.27. The normalized spacial score (nSPS) is 11.0. The Bertz CT molecular complexity index is 736. The summed E-state index contributed by atoms with van der Waals surface area (Å²) in [6.45, 7) is 2.01. The highest BCUT2D eigenvalue weighted by atomic mass is 127. The van der Waals surface area contributed by atoms with E-state index in [1.165, 1.54) is 0 Å². The van der Waals surface area contributed by atoms with Gasteiger partial charge in [-0.3, -0.25) is 0 Å². The van der Waals surface area contributed by atoms with Crippen LogP contribution in [-0.4, -0.2) is 20.1 Å². The SMILES string of the molecule is Cc1ccnc2nc(-c3ccc(I)c(O)c3)[nH]c12. The molecule has 5 heteroatoms. The van der Waals surface area contributed by atoms with Crippen LogP contribution >= 0.6 is 22.6 Å². The van der Waals surface area contributed by atoms with Crippen molar-refractivity contribution in [3.05, 3.63) is 39.6 Å². The van der Waals surface area contributed by atoms with Crippen molar-refractivity contribution in [2.45, 2.75) is 6.92 Å². The number of halogens is 1. The average molecular weight is 351 g/mol. The summed E-state index contributed by atoms with van der Waals surface area (Å²) in [7, 11) is 0. The Morgan fingerprint density at radius 1 is 1.28 bits per heavy atom. The van der Waals surface area contributed by atoms with Crippen LogP contribution in [0.1, 0.15) is 5.56 Å². The van der Waals surface area contributed by atoms with Crippen LogP contribution in [-0.2, 0) is 0 Å². The molecule has 0 aliphatic rings. The molecule has 0 bridgehead atoms. The Morgan fingerprint density at radius 2 is 2.11 bits per heavy atom. The highest BCUT2D eigenvalue weighted by Gasteiger charge is 2.09. The molecule has 0 saturated carbocycles. The molecule has 0 aliphatic carbocycles. The Labute approximate surface area is 117 Å². The standard InChI is InChI=1S/C13H10IN3O/c1-7-4-5-15-13-11(7)16-12(17-13)8-2-3-9(14)10(18)6-8/h2-6,18H,1H3,(H,15,16,17). The number of nitrogens with one attached hydrogen (secondary N) is 1. The van der Waals surface area contributed by atoms with Crippen LogP contribution in [0.15, 0.2) is 30.5 Å². The first-order chi connectivity index (χ1) is 8.65. The number of hydrogen-bond acceptors (Lipinski definition) is 3. The van der Waals surface area contributed by atoms with Crippen LogP contribution in [0.5, 0.6) is 5.75 Å². The number of pyridine rings is 1. The van der Waals surface area contributed by atoms with Gasteiger partial charge in [0.1, 0.15) is 11.6 Å². The topological polar surface area (TPSA) is 61.8 Å². The van der Waals surface area contributed by atoms with E-state index in [1.807, 2.05) is 25.1 Å². The summed E-state index contributed by atoms with van der Waals surface area (Å²) in [6.07, 6.45) is 1.74. The lowest BCUT2D eigenvalue weighted by Gasteiger charge is -1.99. The van der Waals surface area contributed by atoms with Gasteiger partial charge in [0.05, 0.1) is 9.09 Å². The number of H-pyrrole nitrogens is 1. The van der Waals surface area contributed by atoms with Crippen molar-refractivity contribution in [2.75, 3.05) is 0 Å². The molecular weight excluding hydrogens is 341 g/mol. The third kappa shape index (κ3) is 1.84. The zero-order chi connectivity index (χ0) is 12.7. The first-order valence-electron chi connectivity index (χ1n) is 5.45. The van der Waals surface area contributed by atoms with E-state index in [0.717, 1.165) is 26.0 Å². The molecule has 0 atom stereocenters. The van der Waals surface area contributed by atoms with Gasteiger partial charge in [0, 0.05) is 11.8 Å². The first-order valence-corrected chi connectivity index (χ1v) is 6.53. The number of aromatic nitrogens is 3. The molecule has 18 heavy (non-hydrogen) atoms. The third-order valence-corrected chi connectivity index (χ3v) is 3.73. The molecule has 0 radical (unpaired) electrons. The minimum Gasteiger partial charge on any atom is -0.507 e. The minimum absolute atomic E-state index is 0.262. The molecule has 1 aromatic carbocycles. The van der Waals surface area contributed by atoms with Crippen LogP contribution in [0.25, 0.3) is 22.6 Å². The number of aromatic hydroxyl groups is 1. The molecule has 0 fully saturated rings. The van der Waals surface area contributed by atoms with Crippen molar-refractivity contribution in [2.24, 2.45) is 0 Å². The van der Waals surface area contributed by atoms with Crippen molar-refractivity contribution in [3.63, 3.8) is 0 Å². The summed E-state index contributed by atoms with van der Waals surface area (Å²) in [5.74, 6) is 0.983. The number of nitrogens with zero attached hydrogens (tertiary/aromatic N) is 2. The van der Waals surface area contributed by atoms with Crippen molar-refractivity contribution >= 4 is 33.8 Å². The lowest BCUT2D eigenvalue weighted by atomic mass is 10.2. The molecule has 2 heterocycles. The molecule has 0 aliphatic heterocycles. The maximum absolute atomic E-state index is 9.73. The molecule has 0 spiro atoms. The van der Waals surface area contributed by atoms with Crippen molar-refractivity contribution in [1.82, 2.24) is 15.0 Å². The van der Waals surface area contributed by atoms with Crippen molar-refractivity contribution in [1.29, 1.82) is 0 Å². The van der Waals surface area contributed by atoms with Crippen molar-refractivity contribution < 1.29 is 5.11 Å². The fourth-order valence-electron chi connectivity index (χ4n) is 1.83. The van der Waals surface area contributed by atoms with Gasteiger partial charge in [0.25, 0.3) is 0 Å². The quantitative estimate of drug-likeness (QED) is 0.662. The van der Waals surface area contributed by atoms with Crippen LogP contribution < -0.4 is 0 Å². The molecule has 0 amide bonds. The lowest BCUT2D eigenvalue weighted by Crippen LogP contribution is -1.82. The maximum Gasteiger partial charge on any atom is 0.178 e. The largest absolute Gasteiger partial charge is 0.507 e. The van der Waals surface area contributed by atoms with E-state index in [0.29, 0.717) is 5.65 Å². The fraction of sp³-hybridized carbons (Fsp3) is 0.0769. The fourth-order valence-corrected chi connectivity index (χ4v) is 2.17. The molecule has 2 N–H and O–H groups in total. The molecule has 3 rings (SSSR count).